The van der Waals surface area contributed by atoms with E-state index in [1.54, 1.807) is 6.08 Å². The summed E-state index contributed by atoms with van der Waals surface area (Å²) in [6.07, 6.45) is 2.54. The zero-order valence-corrected chi connectivity index (χ0v) is 6.15. The number of hydrogen-bond acceptors (Lipinski definition) is 2. The normalized spacial score (nSPS) is 13.0. The Kier molecular flexibility index (Phi) is 6.43. The number of rotatable bonds is 6. The van der Waals surface area contributed by atoms with Gasteiger partial charge in [0.2, 0.25) is 0 Å². The van der Waals surface area contributed by atoms with Gasteiger partial charge in [0, 0.05) is 19.1 Å². The smallest absolute Gasteiger partial charge is 0.102 e. The first kappa shape index (κ1) is 9.59. The Morgan fingerprint density at radius 3 is 2.90 bits per heavy atom. The van der Waals surface area contributed by atoms with Crippen LogP contribution in [0.2, 0.25) is 0 Å². The summed E-state index contributed by atoms with van der Waals surface area (Å²) in [5, 5.41) is 2.87. The Hall–Kier alpha value is -0.410. The molecule has 0 amide bonds. The molecule has 0 bridgehead atoms. The predicted octanol–water partition coefficient (Wildman–Crippen LogP) is 0.449. The fourth-order valence-electron chi connectivity index (χ4n) is 0.652. The molecule has 0 aromatic heterocycles. The second-order valence-electron chi connectivity index (χ2n) is 2.18. The molecule has 3 N–H and O–H groups in total. The molecule has 1 atom stereocenters. The van der Waals surface area contributed by atoms with Gasteiger partial charge in [0.1, 0.15) is 6.67 Å². The average molecular weight is 146 g/mol. The van der Waals surface area contributed by atoms with E-state index < -0.39 is 0 Å². The lowest BCUT2D eigenvalue weighted by Crippen LogP contribution is -2.34. The van der Waals surface area contributed by atoms with Crippen molar-refractivity contribution in [2.24, 2.45) is 5.73 Å². The Morgan fingerprint density at radius 2 is 2.40 bits per heavy atom. The average Bonchev–Trinajstić information content (AvgIpc) is 1.89. The van der Waals surface area contributed by atoms with Gasteiger partial charge in [0.15, 0.2) is 0 Å². The van der Waals surface area contributed by atoms with E-state index in [-0.39, 0.29) is 12.7 Å². The molecule has 0 saturated carbocycles. The van der Waals surface area contributed by atoms with Gasteiger partial charge < -0.3 is 11.1 Å². The lowest BCUT2D eigenvalue weighted by atomic mass is 10.2. The van der Waals surface area contributed by atoms with E-state index in [0.717, 1.165) is 6.42 Å². The maximum atomic E-state index is 11.5. The van der Waals surface area contributed by atoms with Crippen LogP contribution in [0.1, 0.15) is 6.42 Å². The second-order valence-corrected chi connectivity index (χ2v) is 2.18. The molecule has 0 aromatic rings. The van der Waals surface area contributed by atoms with E-state index in [9.17, 15) is 4.39 Å². The van der Waals surface area contributed by atoms with Crippen molar-refractivity contribution < 1.29 is 4.39 Å². The molecule has 0 saturated heterocycles. The minimum absolute atomic E-state index is 0.0732. The molecule has 0 aliphatic rings. The van der Waals surface area contributed by atoms with Gasteiger partial charge in [-0.15, -0.1) is 6.58 Å². The third-order valence-corrected chi connectivity index (χ3v) is 1.15. The number of nitrogens with one attached hydrogen (secondary N) is 1. The summed E-state index contributed by atoms with van der Waals surface area (Å²) in [5.74, 6) is 0. The molecule has 1 unspecified atom stereocenters. The van der Waals surface area contributed by atoms with Crippen molar-refractivity contribution in [3.05, 3.63) is 12.7 Å². The van der Waals surface area contributed by atoms with E-state index in [0.29, 0.717) is 13.1 Å². The highest BCUT2D eigenvalue weighted by Crippen LogP contribution is 1.85. The van der Waals surface area contributed by atoms with Crippen molar-refractivity contribution in [3.63, 3.8) is 0 Å². The Balaban J connectivity index is 3.04. The summed E-state index contributed by atoms with van der Waals surface area (Å²) >= 11 is 0. The number of hydrogen-bond donors (Lipinski definition) is 2. The summed E-state index contributed by atoms with van der Waals surface area (Å²) in [7, 11) is 0. The summed E-state index contributed by atoms with van der Waals surface area (Å²) in [6.45, 7) is 4.27. The van der Waals surface area contributed by atoms with Crippen LogP contribution in [0.5, 0.6) is 0 Å². The van der Waals surface area contributed by atoms with E-state index in [1.165, 1.54) is 0 Å². The SMILES string of the molecule is C=CCC(N)CNCCF. The lowest BCUT2D eigenvalue weighted by molar-refractivity contribution is 0.456. The van der Waals surface area contributed by atoms with Crippen LogP contribution in [0.3, 0.4) is 0 Å². The van der Waals surface area contributed by atoms with Crippen molar-refractivity contribution in [2.45, 2.75) is 12.5 Å². The van der Waals surface area contributed by atoms with Crippen molar-refractivity contribution in [3.8, 4) is 0 Å². The van der Waals surface area contributed by atoms with E-state index in [1.807, 2.05) is 0 Å². The van der Waals surface area contributed by atoms with Crippen LogP contribution in [0, 0.1) is 0 Å². The molecule has 0 rings (SSSR count). The van der Waals surface area contributed by atoms with Gasteiger partial charge in [-0.05, 0) is 6.42 Å². The van der Waals surface area contributed by atoms with Crippen molar-refractivity contribution >= 4 is 0 Å². The molecule has 10 heavy (non-hydrogen) atoms. The fourth-order valence-corrected chi connectivity index (χ4v) is 0.652. The van der Waals surface area contributed by atoms with Gasteiger partial charge in [0.05, 0.1) is 0 Å². The van der Waals surface area contributed by atoms with Gasteiger partial charge in [-0.2, -0.15) is 0 Å². The van der Waals surface area contributed by atoms with Crippen LogP contribution in [0.25, 0.3) is 0 Å². The van der Waals surface area contributed by atoms with E-state index in [2.05, 4.69) is 11.9 Å². The topological polar surface area (TPSA) is 38.0 Å². The summed E-state index contributed by atoms with van der Waals surface area (Å²) < 4.78 is 11.5. The van der Waals surface area contributed by atoms with Crippen molar-refractivity contribution in [1.82, 2.24) is 5.32 Å². The summed E-state index contributed by atoms with van der Waals surface area (Å²) in [4.78, 5) is 0. The summed E-state index contributed by atoms with van der Waals surface area (Å²) in [5.41, 5.74) is 5.57. The van der Waals surface area contributed by atoms with Gasteiger partial charge in [-0.3, -0.25) is 0 Å². The Morgan fingerprint density at radius 1 is 1.70 bits per heavy atom. The maximum Gasteiger partial charge on any atom is 0.102 e. The van der Waals surface area contributed by atoms with Crippen LogP contribution in [-0.4, -0.2) is 25.8 Å². The van der Waals surface area contributed by atoms with Crippen LogP contribution in [0.15, 0.2) is 12.7 Å². The fraction of sp³-hybridized carbons (Fsp3) is 0.714. The first-order valence-electron chi connectivity index (χ1n) is 3.44. The van der Waals surface area contributed by atoms with Gasteiger partial charge >= 0.3 is 0 Å². The van der Waals surface area contributed by atoms with Crippen molar-refractivity contribution in [1.29, 1.82) is 0 Å². The quantitative estimate of drug-likeness (QED) is 0.422. The largest absolute Gasteiger partial charge is 0.326 e. The molecule has 0 aliphatic carbocycles. The van der Waals surface area contributed by atoms with E-state index >= 15 is 0 Å². The van der Waals surface area contributed by atoms with Gasteiger partial charge in [-0.25, -0.2) is 4.39 Å². The monoisotopic (exact) mass is 146 g/mol. The molecule has 0 spiro atoms. The lowest BCUT2D eigenvalue weighted by Gasteiger charge is -2.08. The van der Waals surface area contributed by atoms with Crippen LogP contribution >= 0.6 is 0 Å². The molecule has 0 heterocycles. The number of nitrogens with two attached hydrogens (primary N) is 1. The zero-order valence-electron chi connectivity index (χ0n) is 6.15. The Bertz CT molecular complexity index is 85.7. The molecule has 2 nitrogen and oxygen atoms in total. The Labute approximate surface area is 61.3 Å². The standard InChI is InChI=1S/C7H15FN2/c1-2-3-7(9)6-10-5-4-8/h2,7,10H,1,3-6,9H2. The second kappa shape index (κ2) is 6.71. The van der Waals surface area contributed by atoms with Crippen molar-refractivity contribution in [2.75, 3.05) is 19.8 Å². The zero-order chi connectivity index (χ0) is 7.82. The van der Waals surface area contributed by atoms with Crippen LogP contribution in [-0.2, 0) is 0 Å². The molecular formula is C7H15FN2. The molecule has 0 radical (unpaired) electrons. The van der Waals surface area contributed by atoms with Gasteiger partial charge in [0.25, 0.3) is 0 Å². The molecule has 0 aromatic carbocycles. The molecule has 60 valence electrons. The van der Waals surface area contributed by atoms with Gasteiger partial charge in [-0.1, -0.05) is 6.08 Å². The molecular weight excluding hydrogens is 131 g/mol. The molecule has 0 fully saturated rings. The maximum absolute atomic E-state index is 11.5. The third kappa shape index (κ3) is 5.72. The highest BCUT2D eigenvalue weighted by molar-refractivity contribution is 4.76. The molecule has 3 heteroatoms. The number of halogens is 1. The minimum Gasteiger partial charge on any atom is -0.326 e. The highest BCUT2D eigenvalue weighted by Gasteiger charge is 1.96. The number of alkyl halides is 1. The minimum atomic E-state index is -0.333. The van der Waals surface area contributed by atoms with E-state index in [4.69, 9.17) is 5.73 Å². The first-order chi connectivity index (χ1) is 4.81. The summed E-state index contributed by atoms with van der Waals surface area (Å²) in [6, 6.07) is 0.0732. The van der Waals surface area contributed by atoms with Crippen LogP contribution < -0.4 is 11.1 Å². The highest BCUT2D eigenvalue weighted by atomic mass is 19.1. The molecule has 0 aliphatic heterocycles. The third-order valence-electron chi connectivity index (χ3n) is 1.15. The predicted molar refractivity (Wildman–Crippen MR) is 41.6 cm³/mol. The van der Waals surface area contributed by atoms with Crippen LogP contribution in [0.4, 0.5) is 4.39 Å². The first-order valence-corrected chi connectivity index (χ1v) is 3.44.